The molecule has 0 aliphatic rings. The summed E-state index contributed by atoms with van der Waals surface area (Å²) < 4.78 is 17.7. The molecule has 0 amide bonds. The largest absolute Gasteiger partial charge is 0.219 e. The van der Waals surface area contributed by atoms with E-state index in [4.69, 9.17) is 0 Å². The molecule has 2 rings (SSSR count). The third kappa shape index (κ3) is 2.58. The Kier molecular flexibility index (Phi) is 3.76. The van der Waals surface area contributed by atoms with E-state index in [0.29, 0.717) is 11.7 Å². The first-order valence-corrected chi connectivity index (χ1v) is 6.89. The summed E-state index contributed by atoms with van der Waals surface area (Å²) in [6.45, 7) is 8.29. The lowest BCUT2D eigenvalue weighted by molar-refractivity contribution is 0.623. The normalized spacial score (nSPS) is 11.5. The molecule has 0 aliphatic carbocycles. The number of halogens is 1. The van der Waals surface area contributed by atoms with Crippen molar-refractivity contribution in [1.82, 2.24) is 9.36 Å². The van der Waals surface area contributed by atoms with Gasteiger partial charge in [-0.1, -0.05) is 27.7 Å². The average molecular weight is 264 g/mol. The third-order valence-corrected chi connectivity index (χ3v) is 3.83. The SMILES string of the molecule is CC(C)c1nc(-c2ccc(F)cc2C(C)C)ns1. The molecule has 0 N–H and O–H groups in total. The van der Waals surface area contributed by atoms with Gasteiger partial charge in [0.15, 0.2) is 5.82 Å². The summed E-state index contributed by atoms with van der Waals surface area (Å²) in [6.07, 6.45) is 0. The Morgan fingerprint density at radius 2 is 1.83 bits per heavy atom. The summed E-state index contributed by atoms with van der Waals surface area (Å²) in [5, 5.41) is 1.02. The molecule has 0 fully saturated rings. The van der Waals surface area contributed by atoms with Gasteiger partial charge in [0.1, 0.15) is 10.8 Å². The molecule has 0 unspecified atom stereocenters. The van der Waals surface area contributed by atoms with Gasteiger partial charge in [-0.05, 0) is 41.2 Å². The zero-order valence-corrected chi connectivity index (χ0v) is 11.9. The van der Waals surface area contributed by atoms with E-state index in [1.807, 2.05) is 13.8 Å². The van der Waals surface area contributed by atoms with Crippen LogP contribution in [0.1, 0.15) is 50.1 Å². The molecule has 4 heteroatoms. The Morgan fingerprint density at radius 1 is 1.11 bits per heavy atom. The average Bonchev–Trinajstić information content (AvgIpc) is 2.78. The van der Waals surface area contributed by atoms with Crippen molar-refractivity contribution in [2.24, 2.45) is 0 Å². The molecule has 18 heavy (non-hydrogen) atoms. The Hall–Kier alpha value is -1.29. The molecule has 0 bridgehead atoms. The number of hydrogen-bond acceptors (Lipinski definition) is 3. The smallest absolute Gasteiger partial charge is 0.173 e. The number of hydrogen-bond donors (Lipinski definition) is 0. The second-order valence-corrected chi connectivity index (χ2v) is 5.78. The van der Waals surface area contributed by atoms with Crippen molar-refractivity contribution in [3.8, 4) is 11.4 Å². The van der Waals surface area contributed by atoms with Gasteiger partial charge in [-0.3, -0.25) is 0 Å². The Morgan fingerprint density at radius 3 is 2.39 bits per heavy atom. The van der Waals surface area contributed by atoms with Crippen molar-refractivity contribution < 1.29 is 4.39 Å². The Labute approximate surface area is 111 Å². The van der Waals surface area contributed by atoms with E-state index < -0.39 is 0 Å². The standard InChI is InChI=1S/C14H17FN2S/c1-8(2)12-7-10(15)5-6-11(12)13-16-14(9(3)4)18-17-13/h5-9H,1-4H3. The molecule has 1 heterocycles. The third-order valence-electron chi connectivity index (χ3n) is 2.81. The zero-order valence-electron chi connectivity index (χ0n) is 11.1. The van der Waals surface area contributed by atoms with Crippen molar-refractivity contribution in [3.63, 3.8) is 0 Å². The minimum Gasteiger partial charge on any atom is -0.219 e. The van der Waals surface area contributed by atoms with Crippen LogP contribution in [-0.2, 0) is 0 Å². The highest BCUT2D eigenvalue weighted by Gasteiger charge is 2.15. The lowest BCUT2D eigenvalue weighted by Crippen LogP contribution is -1.95. The van der Waals surface area contributed by atoms with E-state index in [1.165, 1.54) is 17.6 Å². The minimum atomic E-state index is -0.207. The van der Waals surface area contributed by atoms with Crippen LogP contribution in [0, 0.1) is 5.82 Å². The first-order valence-electron chi connectivity index (χ1n) is 6.12. The monoisotopic (exact) mass is 264 g/mol. The van der Waals surface area contributed by atoms with E-state index in [1.54, 1.807) is 12.1 Å². The molecule has 0 spiro atoms. The molecule has 96 valence electrons. The number of benzene rings is 1. The second-order valence-electron chi connectivity index (χ2n) is 5.00. The molecule has 2 nitrogen and oxygen atoms in total. The van der Waals surface area contributed by atoms with Gasteiger partial charge in [-0.25, -0.2) is 9.37 Å². The van der Waals surface area contributed by atoms with E-state index in [2.05, 4.69) is 23.2 Å². The maximum absolute atomic E-state index is 13.3. The molecule has 0 atom stereocenters. The maximum atomic E-state index is 13.3. The molecule has 1 aromatic heterocycles. The molecule has 0 aliphatic heterocycles. The van der Waals surface area contributed by atoms with Crippen LogP contribution in [0.5, 0.6) is 0 Å². The lowest BCUT2D eigenvalue weighted by atomic mass is 9.96. The highest BCUT2D eigenvalue weighted by molar-refractivity contribution is 7.05. The number of aromatic nitrogens is 2. The van der Waals surface area contributed by atoms with Crippen LogP contribution in [-0.4, -0.2) is 9.36 Å². The van der Waals surface area contributed by atoms with Gasteiger partial charge >= 0.3 is 0 Å². The Balaban J connectivity index is 2.49. The van der Waals surface area contributed by atoms with E-state index >= 15 is 0 Å². The van der Waals surface area contributed by atoms with Crippen LogP contribution in [0.25, 0.3) is 11.4 Å². The molecular formula is C14H17FN2S. The first-order chi connectivity index (χ1) is 8.49. The quantitative estimate of drug-likeness (QED) is 0.810. The van der Waals surface area contributed by atoms with Crippen LogP contribution < -0.4 is 0 Å². The summed E-state index contributed by atoms with van der Waals surface area (Å²) in [6, 6.07) is 4.82. The molecule has 0 saturated heterocycles. The summed E-state index contributed by atoms with van der Waals surface area (Å²) in [5.41, 5.74) is 1.90. The van der Waals surface area contributed by atoms with Gasteiger partial charge in [0.25, 0.3) is 0 Å². The van der Waals surface area contributed by atoms with Crippen molar-refractivity contribution >= 4 is 11.5 Å². The highest BCUT2D eigenvalue weighted by atomic mass is 32.1. The zero-order chi connectivity index (χ0) is 13.3. The summed E-state index contributed by atoms with van der Waals surface area (Å²) >= 11 is 1.42. The predicted molar refractivity (Wildman–Crippen MR) is 73.5 cm³/mol. The van der Waals surface area contributed by atoms with E-state index in [9.17, 15) is 4.39 Å². The maximum Gasteiger partial charge on any atom is 0.173 e. The molecule has 0 radical (unpaired) electrons. The molecule has 0 saturated carbocycles. The van der Waals surface area contributed by atoms with Crippen molar-refractivity contribution in [3.05, 3.63) is 34.6 Å². The van der Waals surface area contributed by atoms with Crippen LogP contribution in [0.2, 0.25) is 0 Å². The minimum absolute atomic E-state index is 0.207. The first kappa shape index (κ1) is 13.1. The fourth-order valence-electron chi connectivity index (χ4n) is 1.79. The topological polar surface area (TPSA) is 25.8 Å². The molecular weight excluding hydrogens is 247 g/mol. The van der Waals surface area contributed by atoms with Gasteiger partial charge in [0.2, 0.25) is 0 Å². The van der Waals surface area contributed by atoms with Gasteiger partial charge in [-0.15, -0.1) is 0 Å². The molecule has 2 aromatic rings. The van der Waals surface area contributed by atoms with Gasteiger partial charge in [-0.2, -0.15) is 4.37 Å². The van der Waals surface area contributed by atoms with Crippen LogP contribution in [0.15, 0.2) is 18.2 Å². The lowest BCUT2D eigenvalue weighted by Gasteiger charge is -2.10. The van der Waals surface area contributed by atoms with Crippen LogP contribution in [0.4, 0.5) is 4.39 Å². The van der Waals surface area contributed by atoms with Crippen LogP contribution in [0.3, 0.4) is 0 Å². The fourth-order valence-corrected chi connectivity index (χ4v) is 2.45. The number of nitrogens with zero attached hydrogens (tertiary/aromatic N) is 2. The van der Waals surface area contributed by atoms with Gasteiger partial charge in [0, 0.05) is 11.5 Å². The van der Waals surface area contributed by atoms with Crippen molar-refractivity contribution in [2.45, 2.75) is 39.5 Å². The number of rotatable bonds is 3. The van der Waals surface area contributed by atoms with Crippen molar-refractivity contribution in [1.29, 1.82) is 0 Å². The fraction of sp³-hybridized carbons (Fsp3) is 0.429. The summed E-state index contributed by atoms with van der Waals surface area (Å²) in [4.78, 5) is 4.54. The summed E-state index contributed by atoms with van der Waals surface area (Å²) in [7, 11) is 0. The van der Waals surface area contributed by atoms with E-state index in [-0.39, 0.29) is 11.7 Å². The van der Waals surface area contributed by atoms with Crippen LogP contribution >= 0.6 is 11.5 Å². The van der Waals surface area contributed by atoms with Gasteiger partial charge < -0.3 is 0 Å². The highest BCUT2D eigenvalue weighted by Crippen LogP contribution is 2.30. The summed E-state index contributed by atoms with van der Waals surface area (Å²) in [5.74, 6) is 1.13. The van der Waals surface area contributed by atoms with E-state index in [0.717, 1.165) is 16.1 Å². The second kappa shape index (κ2) is 5.14. The Bertz CT molecular complexity index is 546. The molecule has 1 aromatic carbocycles. The van der Waals surface area contributed by atoms with Crippen molar-refractivity contribution in [2.75, 3.05) is 0 Å². The van der Waals surface area contributed by atoms with Gasteiger partial charge in [0.05, 0.1) is 0 Å². The predicted octanol–water partition coefficient (Wildman–Crippen LogP) is 4.59.